The SMILES string of the molecule is Cc1nc(CN(c2ccc(F)cc2)S(=O)(=O)c2c[nH]c(C(=O)N3CCCC3)c2)cs1. The van der Waals surface area contributed by atoms with E-state index in [0.717, 1.165) is 17.8 Å². The number of thiazole rings is 1. The van der Waals surface area contributed by atoms with Gasteiger partial charge < -0.3 is 9.88 Å². The van der Waals surface area contributed by atoms with Gasteiger partial charge in [0.15, 0.2) is 0 Å². The highest BCUT2D eigenvalue weighted by molar-refractivity contribution is 7.92. The Balaban J connectivity index is 1.68. The van der Waals surface area contributed by atoms with Gasteiger partial charge in [0.05, 0.1) is 22.9 Å². The molecule has 0 bridgehead atoms. The second kappa shape index (κ2) is 8.19. The van der Waals surface area contributed by atoms with Crippen LogP contribution in [-0.4, -0.2) is 42.3 Å². The number of aromatic nitrogens is 2. The number of sulfonamides is 1. The van der Waals surface area contributed by atoms with E-state index in [2.05, 4.69) is 9.97 Å². The van der Waals surface area contributed by atoms with E-state index in [4.69, 9.17) is 0 Å². The monoisotopic (exact) mass is 448 g/mol. The Kier molecular flexibility index (Phi) is 5.61. The van der Waals surface area contributed by atoms with Crippen molar-refractivity contribution in [1.82, 2.24) is 14.9 Å². The number of nitrogens with zero attached hydrogens (tertiary/aromatic N) is 3. The topological polar surface area (TPSA) is 86.4 Å². The van der Waals surface area contributed by atoms with E-state index in [1.165, 1.54) is 52.2 Å². The van der Waals surface area contributed by atoms with Crippen LogP contribution in [0.3, 0.4) is 0 Å². The van der Waals surface area contributed by atoms with Crippen molar-refractivity contribution >= 4 is 33.0 Å². The summed E-state index contributed by atoms with van der Waals surface area (Å²) < 4.78 is 41.5. The average molecular weight is 449 g/mol. The van der Waals surface area contributed by atoms with E-state index in [0.29, 0.717) is 24.5 Å². The number of likely N-dealkylation sites (tertiary alicyclic amines) is 1. The number of H-pyrrole nitrogens is 1. The molecule has 1 saturated heterocycles. The number of halogens is 1. The maximum absolute atomic E-state index is 13.4. The lowest BCUT2D eigenvalue weighted by atomic mass is 10.3. The molecule has 4 rings (SSSR count). The van der Waals surface area contributed by atoms with Crippen LogP contribution in [0.15, 0.2) is 46.8 Å². The van der Waals surface area contributed by atoms with Gasteiger partial charge in [-0.1, -0.05) is 0 Å². The standard InChI is InChI=1S/C20H21FN4O3S2/c1-14-23-16(13-29-14)12-25(17-6-4-15(21)5-7-17)30(27,28)18-10-19(22-11-18)20(26)24-8-2-3-9-24/h4-7,10-11,13,22H,2-3,8-9,12H2,1H3. The summed E-state index contributed by atoms with van der Waals surface area (Å²) in [5, 5.41) is 2.61. The predicted octanol–water partition coefficient (Wildman–Crippen LogP) is 3.55. The predicted molar refractivity (Wildman–Crippen MR) is 113 cm³/mol. The smallest absolute Gasteiger partial charge is 0.270 e. The van der Waals surface area contributed by atoms with E-state index in [-0.39, 0.29) is 23.0 Å². The molecule has 7 nitrogen and oxygen atoms in total. The van der Waals surface area contributed by atoms with E-state index < -0.39 is 15.8 Å². The zero-order valence-corrected chi connectivity index (χ0v) is 18.0. The highest BCUT2D eigenvalue weighted by Gasteiger charge is 2.29. The van der Waals surface area contributed by atoms with Gasteiger partial charge in [-0.25, -0.2) is 17.8 Å². The van der Waals surface area contributed by atoms with Gasteiger partial charge in [-0.3, -0.25) is 9.10 Å². The van der Waals surface area contributed by atoms with Crippen molar-refractivity contribution in [3.05, 3.63) is 64.1 Å². The molecule has 2 aromatic heterocycles. The summed E-state index contributed by atoms with van der Waals surface area (Å²) in [4.78, 5) is 21.4. The Morgan fingerprint density at radius 2 is 1.97 bits per heavy atom. The lowest BCUT2D eigenvalue weighted by Crippen LogP contribution is -2.30. The quantitative estimate of drug-likeness (QED) is 0.625. The first-order valence-corrected chi connectivity index (χ1v) is 11.8. The van der Waals surface area contributed by atoms with E-state index in [1.807, 2.05) is 6.92 Å². The Morgan fingerprint density at radius 1 is 1.27 bits per heavy atom. The van der Waals surface area contributed by atoms with Crippen LogP contribution in [0.2, 0.25) is 0 Å². The Hall–Kier alpha value is -2.72. The normalized spacial score (nSPS) is 14.3. The molecule has 1 N–H and O–H groups in total. The van der Waals surface area contributed by atoms with Crippen LogP contribution in [-0.2, 0) is 16.6 Å². The summed E-state index contributed by atoms with van der Waals surface area (Å²) in [5.74, 6) is -0.668. The molecule has 158 valence electrons. The number of amides is 1. The molecule has 10 heteroatoms. The number of rotatable bonds is 6. The van der Waals surface area contributed by atoms with Gasteiger partial charge in [-0.15, -0.1) is 11.3 Å². The number of hydrogen-bond acceptors (Lipinski definition) is 5. The molecule has 3 heterocycles. The number of hydrogen-bond donors (Lipinski definition) is 1. The largest absolute Gasteiger partial charge is 0.356 e. The Morgan fingerprint density at radius 3 is 2.60 bits per heavy atom. The van der Waals surface area contributed by atoms with Crippen LogP contribution >= 0.6 is 11.3 Å². The number of anilines is 1. The highest BCUT2D eigenvalue weighted by Crippen LogP contribution is 2.27. The molecule has 1 fully saturated rings. The fraction of sp³-hybridized carbons (Fsp3) is 0.300. The Bertz CT molecular complexity index is 1150. The van der Waals surface area contributed by atoms with Crippen LogP contribution < -0.4 is 4.31 Å². The van der Waals surface area contributed by atoms with Gasteiger partial charge in [-0.2, -0.15) is 0 Å². The van der Waals surface area contributed by atoms with Gasteiger partial charge in [0, 0.05) is 24.7 Å². The van der Waals surface area contributed by atoms with Crippen molar-refractivity contribution < 1.29 is 17.6 Å². The van der Waals surface area contributed by atoms with Gasteiger partial charge in [0.1, 0.15) is 16.4 Å². The molecule has 0 spiro atoms. The summed E-state index contributed by atoms with van der Waals surface area (Å²) in [5.41, 5.74) is 1.14. The van der Waals surface area contributed by atoms with Crippen molar-refractivity contribution in [1.29, 1.82) is 0 Å². The fourth-order valence-corrected chi connectivity index (χ4v) is 5.45. The molecule has 1 aliphatic heterocycles. The lowest BCUT2D eigenvalue weighted by Gasteiger charge is -2.23. The van der Waals surface area contributed by atoms with Crippen molar-refractivity contribution in [3.63, 3.8) is 0 Å². The van der Waals surface area contributed by atoms with Gasteiger partial charge in [0.2, 0.25) is 0 Å². The zero-order chi connectivity index (χ0) is 21.3. The molecule has 1 aliphatic rings. The molecule has 0 atom stereocenters. The minimum Gasteiger partial charge on any atom is -0.356 e. The van der Waals surface area contributed by atoms with E-state index in [1.54, 1.807) is 10.3 Å². The molecule has 0 unspecified atom stereocenters. The van der Waals surface area contributed by atoms with Crippen LogP contribution in [0.1, 0.15) is 34.0 Å². The molecule has 0 aliphatic carbocycles. The summed E-state index contributed by atoms with van der Waals surface area (Å²) >= 11 is 1.42. The molecule has 1 amide bonds. The third kappa shape index (κ3) is 4.10. The maximum Gasteiger partial charge on any atom is 0.270 e. The first-order valence-electron chi connectivity index (χ1n) is 9.51. The first-order chi connectivity index (χ1) is 14.3. The van der Waals surface area contributed by atoms with Gasteiger partial charge in [0.25, 0.3) is 15.9 Å². The summed E-state index contributed by atoms with van der Waals surface area (Å²) in [7, 11) is -4.02. The molecular weight excluding hydrogens is 427 g/mol. The maximum atomic E-state index is 13.4. The average Bonchev–Trinajstić information content (AvgIpc) is 3.48. The van der Waals surface area contributed by atoms with Crippen LogP contribution in [0.25, 0.3) is 0 Å². The molecule has 30 heavy (non-hydrogen) atoms. The van der Waals surface area contributed by atoms with Crippen molar-refractivity contribution in [2.24, 2.45) is 0 Å². The summed E-state index contributed by atoms with van der Waals surface area (Å²) in [6, 6.07) is 6.61. The minimum atomic E-state index is -4.02. The number of carbonyl (C=O) groups excluding carboxylic acids is 1. The minimum absolute atomic E-state index is 0.00110. The Labute approximate surface area is 178 Å². The third-order valence-corrected chi connectivity index (χ3v) is 7.53. The number of aromatic amines is 1. The third-order valence-electron chi connectivity index (χ3n) is 4.95. The number of aryl methyl sites for hydroxylation is 1. The van der Waals surface area contributed by atoms with Gasteiger partial charge >= 0.3 is 0 Å². The van der Waals surface area contributed by atoms with Gasteiger partial charge in [-0.05, 0) is 50.1 Å². The number of benzene rings is 1. The highest BCUT2D eigenvalue weighted by atomic mass is 32.2. The van der Waals surface area contributed by atoms with E-state index >= 15 is 0 Å². The number of carbonyl (C=O) groups is 1. The van der Waals surface area contributed by atoms with Crippen LogP contribution in [0.4, 0.5) is 10.1 Å². The van der Waals surface area contributed by atoms with Crippen LogP contribution in [0, 0.1) is 12.7 Å². The lowest BCUT2D eigenvalue weighted by molar-refractivity contribution is 0.0787. The second-order valence-corrected chi connectivity index (χ2v) is 10.0. The number of nitrogens with one attached hydrogen (secondary N) is 1. The van der Waals surface area contributed by atoms with E-state index in [9.17, 15) is 17.6 Å². The summed E-state index contributed by atoms with van der Waals surface area (Å²) in [6.07, 6.45) is 3.22. The zero-order valence-electron chi connectivity index (χ0n) is 16.3. The molecular formula is C20H21FN4O3S2. The van der Waals surface area contributed by atoms with Crippen LogP contribution in [0.5, 0.6) is 0 Å². The summed E-state index contributed by atoms with van der Waals surface area (Å²) in [6.45, 7) is 3.18. The molecule has 0 radical (unpaired) electrons. The first kappa shape index (κ1) is 20.5. The molecule has 1 aromatic carbocycles. The van der Waals surface area contributed by atoms with Crippen molar-refractivity contribution in [3.8, 4) is 0 Å². The fourth-order valence-electron chi connectivity index (χ4n) is 3.42. The van der Waals surface area contributed by atoms with Crippen molar-refractivity contribution in [2.45, 2.75) is 31.2 Å². The second-order valence-electron chi connectivity index (χ2n) is 7.09. The molecule has 0 saturated carbocycles. The molecule has 3 aromatic rings. The van der Waals surface area contributed by atoms with Crippen molar-refractivity contribution in [2.75, 3.05) is 17.4 Å².